The molecule has 0 amide bonds. The number of unbranched alkanes of at least 4 members (excludes halogenated alkanes) is 3. The van der Waals surface area contributed by atoms with E-state index in [-0.39, 0.29) is 0 Å². The summed E-state index contributed by atoms with van der Waals surface area (Å²) in [4.78, 5) is 0. The molecule has 0 unspecified atom stereocenters. The minimum atomic E-state index is 0.867. The number of hydrogen-bond donors (Lipinski definition) is 1. The zero-order valence-corrected chi connectivity index (χ0v) is 5.01. The highest BCUT2D eigenvalue weighted by Crippen LogP contribution is 1.94. The first-order chi connectivity index (χ1) is 3.91. The van der Waals surface area contributed by atoms with Crippen molar-refractivity contribution in [2.45, 2.75) is 25.7 Å². The summed E-state index contributed by atoms with van der Waals surface area (Å²) in [7, 11) is 0. The van der Waals surface area contributed by atoms with Crippen LogP contribution in [0.5, 0.6) is 0 Å². The summed E-state index contributed by atoms with van der Waals surface area (Å²) in [5.41, 5.74) is 0. The first-order valence-electron chi connectivity index (χ1n) is 2.87. The molecule has 0 saturated carbocycles. The molecule has 0 fully saturated rings. The lowest BCUT2D eigenvalue weighted by atomic mass is 10.2. The lowest BCUT2D eigenvalue weighted by Gasteiger charge is -1.87. The van der Waals surface area contributed by atoms with Crippen LogP contribution in [0.3, 0.4) is 0 Å². The Morgan fingerprint density at radius 3 is 2.75 bits per heavy atom. The Bertz CT molecular complexity index is 61.5. The fourth-order valence-electron chi connectivity index (χ4n) is 0.470. The van der Waals surface area contributed by atoms with Crippen molar-refractivity contribution < 1.29 is 5.21 Å². The van der Waals surface area contributed by atoms with Crippen molar-refractivity contribution in [1.29, 1.82) is 0 Å². The fraction of sp³-hybridized carbons (Fsp3) is 0.667. The van der Waals surface area contributed by atoms with Crippen LogP contribution in [-0.4, -0.2) is 11.4 Å². The van der Waals surface area contributed by atoms with Gasteiger partial charge in [0.1, 0.15) is 0 Å². The second-order valence-electron chi connectivity index (χ2n) is 1.65. The largest absolute Gasteiger partial charge is 0.411 e. The molecule has 0 bridgehead atoms. The van der Waals surface area contributed by atoms with E-state index in [1.54, 1.807) is 0 Å². The third kappa shape index (κ3) is 5.47. The van der Waals surface area contributed by atoms with Crippen molar-refractivity contribution in [3.05, 3.63) is 6.92 Å². The molecular weight excluding hydrogens is 102 g/mol. The summed E-state index contributed by atoms with van der Waals surface area (Å²) in [6.45, 7) is 3.68. The highest BCUT2D eigenvalue weighted by atomic mass is 16.4. The van der Waals surface area contributed by atoms with Crippen LogP contribution in [0.1, 0.15) is 25.7 Å². The maximum absolute atomic E-state index is 7.92. The molecule has 2 nitrogen and oxygen atoms in total. The molecule has 0 atom stereocenters. The third-order valence-corrected chi connectivity index (χ3v) is 0.915. The molecule has 0 saturated heterocycles. The van der Waals surface area contributed by atoms with Gasteiger partial charge >= 0.3 is 0 Å². The Kier molecular flexibility index (Phi) is 6.04. The van der Waals surface area contributed by atoms with Gasteiger partial charge in [-0.3, -0.25) is 0 Å². The average molecular weight is 114 g/mol. The van der Waals surface area contributed by atoms with Gasteiger partial charge in [-0.1, -0.05) is 19.8 Å². The number of oxime groups is 1. The first-order valence-corrected chi connectivity index (χ1v) is 2.87. The quantitative estimate of drug-likeness (QED) is 0.257. The van der Waals surface area contributed by atoms with Crippen LogP contribution in [0.25, 0.3) is 0 Å². The van der Waals surface area contributed by atoms with Crippen molar-refractivity contribution >= 4 is 6.21 Å². The average Bonchev–Trinajstić information content (AvgIpc) is 1.81. The predicted molar refractivity (Wildman–Crippen MR) is 34.1 cm³/mol. The van der Waals surface area contributed by atoms with Crippen LogP contribution in [0.2, 0.25) is 0 Å². The molecule has 1 N–H and O–H groups in total. The summed E-state index contributed by atoms with van der Waals surface area (Å²) < 4.78 is 0. The van der Waals surface area contributed by atoms with Crippen molar-refractivity contribution in [2.24, 2.45) is 5.16 Å². The molecule has 0 spiro atoms. The van der Waals surface area contributed by atoms with E-state index in [0.717, 1.165) is 25.7 Å². The van der Waals surface area contributed by atoms with Crippen molar-refractivity contribution in [2.75, 3.05) is 0 Å². The molecule has 0 aromatic heterocycles. The number of hydrogen-bond acceptors (Lipinski definition) is 2. The minimum absolute atomic E-state index is 0.867. The van der Waals surface area contributed by atoms with Crippen molar-refractivity contribution in [1.82, 2.24) is 0 Å². The number of rotatable bonds is 4. The highest BCUT2D eigenvalue weighted by molar-refractivity contribution is 5.55. The first kappa shape index (κ1) is 7.47. The van der Waals surface area contributed by atoms with Gasteiger partial charge in [-0.05, 0) is 12.8 Å². The third-order valence-electron chi connectivity index (χ3n) is 0.915. The van der Waals surface area contributed by atoms with Crippen molar-refractivity contribution in [3.8, 4) is 0 Å². The normalized spacial score (nSPS) is 10.6. The van der Waals surface area contributed by atoms with Crippen LogP contribution < -0.4 is 0 Å². The second kappa shape index (κ2) is 6.47. The molecular formula is C6H12NO. The van der Waals surface area contributed by atoms with Crippen LogP contribution in [0.15, 0.2) is 5.16 Å². The van der Waals surface area contributed by atoms with Crippen molar-refractivity contribution in [3.63, 3.8) is 0 Å². The molecule has 0 heterocycles. The smallest absolute Gasteiger partial charge is 0.0435 e. The van der Waals surface area contributed by atoms with Gasteiger partial charge in [0.2, 0.25) is 0 Å². The molecule has 0 aromatic rings. The summed E-state index contributed by atoms with van der Waals surface area (Å²) in [5.74, 6) is 0. The molecule has 8 heavy (non-hydrogen) atoms. The summed E-state index contributed by atoms with van der Waals surface area (Å²) in [6, 6.07) is 0. The Labute approximate surface area is 50.2 Å². The van der Waals surface area contributed by atoms with Crippen LogP contribution in [0, 0.1) is 6.92 Å². The maximum Gasteiger partial charge on any atom is 0.0435 e. The van der Waals surface area contributed by atoms with E-state index in [9.17, 15) is 0 Å². The van der Waals surface area contributed by atoms with Gasteiger partial charge in [0.15, 0.2) is 0 Å². The summed E-state index contributed by atoms with van der Waals surface area (Å²) in [5, 5.41) is 10.8. The SMILES string of the molecule is [CH2]CCCC/C=N\O. The lowest BCUT2D eigenvalue weighted by Crippen LogP contribution is -1.75. The van der Waals surface area contributed by atoms with Gasteiger partial charge in [0.25, 0.3) is 0 Å². The molecule has 0 aliphatic carbocycles. The van der Waals surface area contributed by atoms with Gasteiger partial charge in [-0.15, -0.1) is 5.16 Å². The van der Waals surface area contributed by atoms with Crippen LogP contribution in [-0.2, 0) is 0 Å². The van der Waals surface area contributed by atoms with E-state index in [1.807, 2.05) is 0 Å². The molecule has 2 heteroatoms. The van der Waals surface area contributed by atoms with E-state index in [2.05, 4.69) is 12.1 Å². The molecule has 0 rings (SSSR count). The molecule has 0 aliphatic heterocycles. The standard InChI is InChI=1S/C6H12NO/c1-2-3-4-5-6-7-8/h6,8H,1-5H2/b7-6-. The molecule has 0 aliphatic rings. The van der Waals surface area contributed by atoms with E-state index < -0.39 is 0 Å². The lowest BCUT2D eigenvalue weighted by molar-refractivity contribution is 0.320. The zero-order valence-electron chi connectivity index (χ0n) is 5.01. The fourth-order valence-corrected chi connectivity index (χ4v) is 0.470. The van der Waals surface area contributed by atoms with Gasteiger partial charge < -0.3 is 5.21 Å². The van der Waals surface area contributed by atoms with E-state index in [1.165, 1.54) is 6.21 Å². The van der Waals surface area contributed by atoms with E-state index in [4.69, 9.17) is 5.21 Å². The van der Waals surface area contributed by atoms with E-state index in [0.29, 0.717) is 0 Å². The highest BCUT2D eigenvalue weighted by Gasteiger charge is 1.80. The minimum Gasteiger partial charge on any atom is -0.411 e. The zero-order chi connectivity index (χ0) is 6.24. The summed E-state index contributed by atoms with van der Waals surface area (Å²) in [6.07, 6.45) is 5.54. The molecule has 1 radical (unpaired) electrons. The van der Waals surface area contributed by atoms with Gasteiger partial charge in [-0.2, -0.15) is 0 Å². The topological polar surface area (TPSA) is 32.6 Å². The maximum atomic E-state index is 7.92. The van der Waals surface area contributed by atoms with Gasteiger partial charge in [-0.25, -0.2) is 0 Å². The monoisotopic (exact) mass is 114 g/mol. The van der Waals surface area contributed by atoms with Crippen LogP contribution >= 0.6 is 0 Å². The van der Waals surface area contributed by atoms with Crippen LogP contribution in [0.4, 0.5) is 0 Å². The molecule has 47 valence electrons. The second-order valence-corrected chi connectivity index (χ2v) is 1.65. The summed E-state index contributed by atoms with van der Waals surface area (Å²) >= 11 is 0. The molecule has 0 aromatic carbocycles. The van der Waals surface area contributed by atoms with Gasteiger partial charge in [0.05, 0.1) is 0 Å². The van der Waals surface area contributed by atoms with E-state index >= 15 is 0 Å². The van der Waals surface area contributed by atoms with Gasteiger partial charge in [0, 0.05) is 6.21 Å². The Morgan fingerprint density at radius 1 is 1.50 bits per heavy atom. The predicted octanol–water partition coefficient (Wildman–Crippen LogP) is 1.84. The Balaban J connectivity index is 2.72. The Morgan fingerprint density at radius 2 is 2.25 bits per heavy atom. The Hall–Kier alpha value is -0.530. The number of nitrogens with zero attached hydrogens (tertiary/aromatic N) is 1.